The van der Waals surface area contributed by atoms with Crippen molar-refractivity contribution in [1.29, 1.82) is 0 Å². The van der Waals surface area contributed by atoms with Crippen molar-refractivity contribution in [3.63, 3.8) is 0 Å². The summed E-state index contributed by atoms with van der Waals surface area (Å²) in [6, 6.07) is 0. The average molecular weight is 259 g/mol. The van der Waals surface area contributed by atoms with Gasteiger partial charge in [0.1, 0.15) is 4.90 Å². The van der Waals surface area contributed by atoms with Crippen LogP contribution in [0.2, 0.25) is 0 Å². The lowest BCUT2D eigenvalue weighted by atomic mass is 10.2. The summed E-state index contributed by atoms with van der Waals surface area (Å²) in [7, 11) is -3.13. The fraction of sp³-hybridized carbons (Fsp3) is 0.727. The van der Waals surface area contributed by atoms with Gasteiger partial charge in [0.2, 0.25) is 0 Å². The molecule has 0 radical (unpaired) electrons. The first kappa shape index (κ1) is 14.2. The van der Waals surface area contributed by atoms with Gasteiger partial charge in [0.15, 0.2) is 9.84 Å². The summed E-state index contributed by atoms with van der Waals surface area (Å²) in [6.45, 7) is 7.00. The maximum Gasteiger partial charge on any atom is 0.178 e. The van der Waals surface area contributed by atoms with Gasteiger partial charge in [-0.05, 0) is 25.4 Å². The molecule has 0 aliphatic heterocycles. The van der Waals surface area contributed by atoms with Gasteiger partial charge in [0.25, 0.3) is 0 Å². The van der Waals surface area contributed by atoms with Crippen molar-refractivity contribution < 1.29 is 8.42 Å². The molecule has 1 rings (SSSR count). The van der Waals surface area contributed by atoms with Crippen LogP contribution in [0.3, 0.4) is 0 Å². The van der Waals surface area contributed by atoms with Gasteiger partial charge in [-0.15, -0.1) is 0 Å². The van der Waals surface area contributed by atoms with Crippen LogP contribution in [-0.2, 0) is 16.4 Å². The van der Waals surface area contributed by atoms with Crippen LogP contribution in [0.1, 0.15) is 20.3 Å². The Morgan fingerprint density at radius 3 is 2.71 bits per heavy atom. The van der Waals surface area contributed by atoms with E-state index in [0.717, 1.165) is 26.1 Å². The second-order valence-electron chi connectivity index (χ2n) is 4.66. The summed E-state index contributed by atoms with van der Waals surface area (Å²) < 4.78 is 24.1. The fourth-order valence-corrected chi connectivity index (χ4v) is 1.97. The zero-order valence-corrected chi connectivity index (χ0v) is 11.5. The summed E-state index contributed by atoms with van der Waals surface area (Å²) in [5.41, 5.74) is 0. The van der Waals surface area contributed by atoms with Gasteiger partial charge in [-0.1, -0.05) is 13.8 Å². The SMILES string of the molecule is CC(C)CNCCCn1cc(S(C)(=O)=O)cn1. The molecule has 0 amide bonds. The lowest BCUT2D eigenvalue weighted by Gasteiger charge is -2.06. The van der Waals surface area contributed by atoms with Gasteiger partial charge < -0.3 is 5.32 Å². The minimum Gasteiger partial charge on any atom is -0.316 e. The van der Waals surface area contributed by atoms with E-state index in [0.29, 0.717) is 5.92 Å². The second kappa shape index (κ2) is 6.16. The van der Waals surface area contributed by atoms with E-state index in [2.05, 4.69) is 24.3 Å². The van der Waals surface area contributed by atoms with E-state index in [-0.39, 0.29) is 4.90 Å². The highest BCUT2D eigenvalue weighted by Crippen LogP contribution is 2.06. The molecule has 0 unspecified atom stereocenters. The lowest BCUT2D eigenvalue weighted by molar-refractivity contribution is 0.506. The molecule has 98 valence electrons. The van der Waals surface area contributed by atoms with Crippen molar-refractivity contribution in [2.45, 2.75) is 31.7 Å². The van der Waals surface area contributed by atoms with Crippen molar-refractivity contribution in [3.05, 3.63) is 12.4 Å². The molecule has 1 aromatic heterocycles. The molecule has 1 heterocycles. The van der Waals surface area contributed by atoms with E-state index >= 15 is 0 Å². The summed E-state index contributed by atoms with van der Waals surface area (Å²) in [6.07, 6.45) is 5.12. The molecule has 0 saturated carbocycles. The first-order valence-corrected chi connectivity index (χ1v) is 7.72. The Labute approximate surface area is 103 Å². The molecule has 0 bridgehead atoms. The zero-order chi connectivity index (χ0) is 12.9. The van der Waals surface area contributed by atoms with Crippen molar-refractivity contribution >= 4 is 9.84 Å². The molecule has 0 aliphatic carbocycles. The number of aryl methyl sites for hydroxylation is 1. The number of hydrogen-bond donors (Lipinski definition) is 1. The molecule has 0 spiro atoms. The third-order valence-corrected chi connectivity index (χ3v) is 3.40. The predicted molar refractivity (Wildman–Crippen MR) is 67.7 cm³/mol. The Bertz CT molecular complexity index is 437. The van der Waals surface area contributed by atoms with Gasteiger partial charge in [-0.3, -0.25) is 4.68 Å². The van der Waals surface area contributed by atoms with Gasteiger partial charge in [-0.25, -0.2) is 8.42 Å². The summed E-state index contributed by atoms with van der Waals surface area (Å²) in [5, 5.41) is 7.36. The molecule has 1 aromatic rings. The fourth-order valence-electron chi connectivity index (χ4n) is 1.42. The smallest absolute Gasteiger partial charge is 0.178 e. The van der Waals surface area contributed by atoms with Crippen LogP contribution in [0.5, 0.6) is 0 Å². The highest BCUT2D eigenvalue weighted by Gasteiger charge is 2.09. The summed E-state index contributed by atoms with van der Waals surface area (Å²) in [4.78, 5) is 0.285. The predicted octanol–water partition coefficient (Wildman–Crippen LogP) is 0.922. The third-order valence-electron chi connectivity index (χ3n) is 2.33. The maximum atomic E-state index is 11.2. The number of hydrogen-bond acceptors (Lipinski definition) is 4. The number of sulfone groups is 1. The van der Waals surface area contributed by atoms with E-state index in [9.17, 15) is 8.42 Å². The molecule has 0 aliphatic rings. The van der Waals surface area contributed by atoms with Crippen molar-refractivity contribution in [2.75, 3.05) is 19.3 Å². The van der Waals surface area contributed by atoms with Crippen molar-refractivity contribution in [1.82, 2.24) is 15.1 Å². The number of aromatic nitrogens is 2. The molecule has 1 N–H and O–H groups in total. The molecule has 6 heteroatoms. The Morgan fingerprint density at radius 2 is 2.18 bits per heavy atom. The topological polar surface area (TPSA) is 64.0 Å². The Hall–Kier alpha value is -0.880. The molecule has 5 nitrogen and oxygen atoms in total. The quantitative estimate of drug-likeness (QED) is 0.740. The Kier molecular flexibility index (Phi) is 5.14. The van der Waals surface area contributed by atoms with E-state index < -0.39 is 9.84 Å². The Morgan fingerprint density at radius 1 is 1.47 bits per heavy atom. The summed E-state index contributed by atoms with van der Waals surface area (Å²) in [5.74, 6) is 0.650. The molecule has 0 atom stereocenters. The van der Waals surface area contributed by atoms with Crippen LogP contribution in [0.15, 0.2) is 17.3 Å². The molecular formula is C11H21N3O2S. The lowest BCUT2D eigenvalue weighted by Crippen LogP contribution is -2.21. The summed E-state index contributed by atoms with van der Waals surface area (Å²) >= 11 is 0. The minimum atomic E-state index is -3.13. The van der Waals surface area contributed by atoms with E-state index in [1.807, 2.05) is 0 Å². The third kappa shape index (κ3) is 5.32. The van der Waals surface area contributed by atoms with Gasteiger partial charge in [-0.2, -0.15) is 5.10 Å². The molecule has 0 aromatic carbocycles. The van der Waals surface area contributed by atoms with Gasteiger partial charge in [0, 0.05) is 19.0 Å². The van der Waals surface area contributed by atoms with Crippen LogP contribution < -0.4 is 5.32 Å². The van der Waals surface area contributed by atoms with Gasteiger partial charge in [0.05, 0.1) is 6.20 Å². The highest BCUT2D eigenvalue weighted by atomic mass is 32.2. The van der Waals surface area contributed by atoms with Crippen LogP contribution in [-0.4, -0.2) is 37.5 Å². The molecule has 0 saturated heterocycles. The first-order chi connectivity index (χ1) is 7.89. The van der Waals surface area contributed by atoms with Crippen LogP contribution >= 0.6 is 0 Å². The molecule has 17 heavy (non-hydrogen) atoms. The van der Waals surface area contributed by atoms with E-state index in [4.69, 9.17) is 0 Å². The Balaban J connectivity index is 2.31. The number of nitrogens with one attached hydrogen (secondary N) is 1. The van der Waals surface area contributed by atoms with Crippen LogP contribution in [0, 0.1) is 5.92 Å². The van der Waals surface area contributed by atoms with Crippen LogP contribution in [0.4, 0.5) is 0 Å². The normalized spacial score (nSPS) is 12.2. The second-order valence-corrected chi connectivity index (χ2v) is 6.68. The van der Waals surface area contributed by atoms with Crippen molar-refractivity contribution in [2.24, 2.45) is 5.92 Å². The first-order valence-electron chi connectivity index (χ1n) is 5.83. The number of nitrogens with zero attached hydrogens (tertiary/aromatic N) is 2. The highest BCUT2D eigenvalue weighted by molar-refractivity contribution is 7.90. The van der Waals surface area contributed by atoms with E-state index in [1.165, 1.54) is 12.5 Å². The molecular weight excluding hydrogens is 238 g/mol. The monoisotopic (exact) mass is 259 g/mol. The van der Waals surface area contributed by atoms with E-state index in [1.54, 1.807) is 10.9 Å². The average Bonchev–Trinajstić information content (AvgIpc) is 2.64. The largest absolute Gasteiger partial charge is 0.316 e. The van der Waals surface area contributed by atoms with Gasteiger partial charge >= 0.3 is 0 Å². The minimum absolute atomic E-state index is 0.285. The van der Waals surface area contributed by atoms with Crippen molar-refractivity contribution in [3.8, 4) is 0 Å². The maximum absolute atomic E-state index is 11.2. The standard InChI is InChI=1S/C11H21N3O2S/c1-10(2)7-12-5-4-6-14-9-11(8-13-14)17(3,15)16/h8-10,12H,4-7H2,1-3H3. The molecule has 0 fully saturated rings. The van der Waals surface area contributed by atoms with Crippen LogP contribution in [0.25, 0.3) is 0 Å². The number of rotatable bonds is 7. The zero-order valence-electron chi connectivity index (χ0n) is 10.7.